The van der Waals surface area contributed by atoms with E-state index in [2.05, 4.69) is 0 Å². The number of hydrogen-bond donors (Lipinski definition) is 1. The molecule has 0 fully saturated rings. The van der Waals surface area contributed by atoms with Gasteiger partial charge in [-0.05, 0) is 25.0 Å². The van der Waals surface area contributed by atoms with E-state index in [1.54, 1.807) is 6.07 Å². The number of aliphatic carboxylic acids is 1. The second-order valence-electron chi connectivity index (χ2n) is 3.52. The zero-order valence-corrected chi connectivity index (χ0v) is 9.15. The van der Waals surface area contributed by atoms with Crippen LogP contribution in [-0.4, -0.2) is 17.2 Å². The normalized spacial score (nSPS) is 12.1. The molecule has 0 amide bonds. The highest BCUT2D eigenvalue weighted by Crippen LogP contribution is 2.19. The molecule has 1 N–H and O–H groups in total. The number of benzene rings is 1. The van der Waals surface area contributed by atoms with Gasteiger partial charge in [0, 0.05) is 0 Å². The van der Waals surface area contributed by atoms with Crippen LogP contribution >= 0.6 is 0 Å². The van der Waals surface area contributed by atoms with Gasteiger partial charge in [0.1, 0.15) is 0 Å². The largest absolute Gasteiger partial charge is 0.479 e. The molecule has 0 aliphatic carbocycles. The van der Waals surface area contributed by atoms with E-state index in [0.29, 0.717) is 6.42 Å². The van der Waals surface area contributed by atoms with Crippen LogP contribution in [0.2, 0.25) is 0 Å². The van der Waals surface area contributed by atoms with Gasteiger partial charge in [0.15, 0.2) is 17.7 Å². The molecule has 1 rings (SSSR count). The lowest BCUT2D eigenvalue weighted by Crippen LogP contribution is -2.27. The van der Waals surface area contributed by atoms with Crippen molar-refractivity contribution in [3.63, 3.8) is 0 Å². The molecule has 0 aliphatic rings. The number of unbranched alkanes of at least 4 members (excludes halogenated alkanes) is 1. The molecule has 0 aromatic heterocycles. The van der Waals surface area contributed by atoms with Crippen LogP contribution in [0.4, 0.5) is 4.39 Å². The van der Waals surface area contributed by atoms with E-state index in [4.69, 9.17) is 9.84 Å². The van der Waals surface area contributed by atoms with Crippen molar-refractivity contribution in [1.82, 2.24) is 0 Å². The maximum atomic E-state index is 13.2. The van der Waals surface area contributed by atoms with Crippen molar-refractivity contribution in [3.05, 3.63) is 30.1 Å². The van der Waals surface area contributed by atoms with Crippen molar-refractivity contribution >= 4 is 5.97 Å². The van der Waals surface area contributed by atoms with E-state index >= 15 is 0 Å². The predicted molar refractivity (Wildman–Crippen MR) is 58.0 cm³/mol. The lowest BCUT2D eigenvalue weighted by molar-refractivity contribution is -0.145. The Hall–Kier alpha value is -1.58. The van der Waals surface area contributed by atoms with E-state index in [0.717, 1.165) is 12.8 Å². The molecule has 0 saturated carbocycles. The summed E-state index contributed by atoms with van der Waals surface area (Å²) in [5.41, 5.74) is 0. The van der Waals surface area contributed by atoms with Gasteiger partial charge in [0.05, 0.1) is 0 Å². The summed E-state index contributed by atoms with van der Waals surface area (Å²) in [7, 11) is 0. The molecule has 0 aliphatic heterocycles. The third-order valence-corrected chi connectivity index (χ3v) is 2.20. The van der Waals surface area contributed by atoms with Gasteiger partial charge < -0.3 is 9.84 Å². The second kappa shape index (κ2) is 6.10. The number of hydrogen-bond acceptors (Lipinski definition) is 2. The summed E-state index contributed by atoms with van der Waals surface area (Å²) >= 11 is 0. The molecular weight excluding hydrogens is 211 g/mol. The molecular formula is C12H15FO3. The number of carboxylic acids is 1. The minimum Gasteiger partial charge on any atom is -0.479 e. The Kier molecular flexibility index (Phi) is 4.76. The molecule has 1 aromatic carbocycles. The summed E-state index contributed by atoms with van der Waals surface area (Å²) in [5, 5.41) is 8.90. The van der Waals surface area contributed by atoms with Crippen LogP contribution in [0.5, 0.6) is 5.75 Å². The van der Waals surface area contributed by atoms with Crippen LogP contribution in [0.15, 0.2) is 24.3 Å². The number of carbonyl (C=O) groups is 1. The molecule has 16 heavy (non-hydrogen) atoms. The Bertz CT molecular complexity index is 352. The quantitative estimate of drug-likeness (QED) is 0.811. The van der Waals surface area contributed by atoms with E-state index in [1.165, 1.54) is 18.2 Å². The molecule has 0 saturated heterocycles. The van der Waals surface area contributed by atoms with Crippen LogP contribution in [0.3, 0.4) is 0 Å². The summed E-state index contributed by atoms with van der Waals surface area (Å²) in [6, 6.07) is 5.81. The van der Waals surface area contributed by atoms with Crippen molar-refractivity contribution in [2.75, 3.05) is 0 Å². The first-order valence-corrected chi connectivity index (χ1v) is 5.29. The Morgan fingerprint density at radius 1 is 1.50 bits per heavy atom. The van der Waals surface area contributed by atoms with Gasteiger partial charge in [-0.1, -0.05) is 25.5 Å². The first kappa shape index (κ1) is 12.5. The SMILES string of the molecule is CCCCC(Oc1ccccc1F)C(=O)O. The van der Waals surface area contributed by atoms with E-state index in [1.807, 2.05) is 6.92 Å². The lowest BCUT2D eigenvalue weighted by Gasteiger charge is -2.14. The zero-order valence-electron chi connectivity index (χ0n) is 9.15. The van der Waals surface area contributed by atoms with Crippen molar-refractivity contribution in [2.24, 2.45) is 0 Å². The first-order chi connectivity index (χ1) is 7.65. The zero-order chi connectivity index (χ0) is 12.0. The highest BCUT2D eigenvalue weighted by Gasteiger charge is 2.19. The van der Waals surface area contributed by atoms with Crippen LogP contribution in [0.25, 0.3) is 0 Å². The fourth-order valence-corrected chi connectivity index (χ4v) is 1.32. The highest BCUT2D eigenvalue weighted by atomic mass is 19.1. The summed E-state index contributed by atoms with van der Waals surface area (Å²) in [4.78, 5) is 10.9. The third-order valence-electron chi connectivity index (χ3n) is 2.20. The molecule has 3 nitrogen and oxygen atoms in total. The highest BCUT2D eigenvalue weighted by molar-refractivity contribution is 5.72. The van der Waals surface area contributed by atoms with Gasteiger partial charge in [-0.2, -0.15) is 0 Å². The fourth-order valence-electron chi connectivity index (χ4n) is 1.32. The molecule has 0 heterocycles. The monoisotopic (exact) mass is 226 g/mol. The topological polar surface area (TPSA) is 46.5 Å². The molecule has 0 spiro atoms. The van der Waals surface area contributed by atoms with Gasteiger partial charge in [-0.25, -0.2) is 9.18 Å². The minimum atomic E-state index is -1.06. The molecule has 4 heteroatoms. The fraction of sp³-hybridized carbons (Fsp3) is 0.417. The van der Waals surface area contributed by atoms with Gasteiger partial charge in [0.2, 0.25) is 0 Å². The maximum absolute atomic E-state index is 13.2. The van der Waals surface area contributed by atoms with E-state index in [9.17, 15) is 9.18 Å². The van der Waals surface area contributed by atoms with Gasteiger partial charge in [0.25, 0.3) is 0 Å². The number of carboxylic acid groups (broad SMARTS) is 1. The van der Waals surface area contributed by atoms with Crippen molar-refractivity contribution in [1.29, 1.82) is 0 Å². The van der Waals surface area contributed by atoms with Gasteiger partial charge in [-0.3, -0.25) is 0 Å². The minimum absolute atomic E-state index is 0.00833. The second-order valence-corrected chi connectivity index (χ2v) is 3.52. The van der Waals surface area contributed by atoms with Crippen LogP contribution in [-0.2, 0) is 4.79 Å². The molecule has 88 valence electrons. The van der Waals surface area contributed by atoms with E-state index < -0.39 is 17.9 Å². The predicted octanol–water partition coefficient (Wildman–Crippen LogP) is 2.85. The van der Waals surface area contributed by atoms with Gasteiger partial charge >= 0.3 is 5.97 Å². The average Bonchev–Trinajstić information content (AvgIpc) is 2.26. The van der Waals surface area contributed by atoms with Crippen LogP contribution in [0.1, 0.15) is 26.2 Å². The summed E-state index contributed by atoms with van der Waals surface area (Å²) in [5.74, 6) is -1.60. The molecule has 1 unspecified atom stereocenters. The first-order valence-electron chi connectivity index (χ1n) is 5.29. The molecule has 1 atom stereocenters. The number of rotatable bonds is 6. The summed E-state index contributed by atoms with van der Waals surface area (Å²) in [6.45, 7) is 1.96. The van der Waals surface area contributed by atoms with Crippen molar-refractivity contribution in [2.45, 2.75) is 32.3 Å². The number of halogens is 1. The Morgan fingerprint density at radius 2 is 2.19 bits per heavy atom. The third kappa shape index (κ3) is 3.53. The number of ether oxygens (including phenoxy) is 1. The van der Waals surface area contributed by atoms with Gasteiger partial charge in [-0.15, -0.1) is 0 Å². The number of para-hydroxylation sites is 1. The van der Waals surface area contributed by atoms with Crippen LogP contribution in [0, 0.1) is 5.82 Å². The Balaban J connectivity index is 2.68. The van der Waals surface area contributed by atoms with Crippen molar-refractivity contribution in [3.8, 4) is 5.75 Å². The van der Waals surface area contributed by atoms with Crippen molar-refractivity contribution < 1.29 is 19.0 Å². The standard InChI is InChI=1S/C12H15FO3/c1-2-3-7-11(12(14)15)16-10-8-5-4-6-9(10)13/h4-6,8,11H,2-3,7H2,1H3,(H,14,15). The van der Waals surface area contributed by atoms with Crippen LogP contribution < -0.4 is 4.74 Å². The molecule has 0 radical (unpaired) electrons. The molecule has 0 bridgehead atoms. The molecule has 1 aromatic rings. The lowest BCUT2D eigenvalue weighted by atomic mass is 10.1. The van der Waals surface area contributed by atoms with E-state index in [-0.39, 0.29) is 5.75 Å². The smallest absolute Gasteiger partial charge is 0.344 e. The Morgan fingerprint density at radius 3 is 2.75 bits per heavy atom. The average molecular weight is 226 g/mol. The Labute approximate surface area is 93.9 Å². The maximum Gasteiger partial charge on any atom is 0.344 e. The summed E-state index contributed by atoms with van der Waals surface area (Å²) < 4.78 is 18.4. The summed E-state index contributed by atoms with van der Waals surface area (Å²) in [6.07, 6.45) is 1.03.